The third-order valence-corrected chi connectivity index (χ3v) is 4.33. The van der Waals surface area contributed by atoms with E-state index in [-0.39, 0.29) is 11.8 Å². The summed E-state index contributed by atoms with van der Waals surface area (Å²) in [7, 11) is 3.08. The van der Waals surface area contributed by atoms with Gasteiger partial charge in [-0.05, 0) is 24.3 Å². The van der Waals surface area contributed by atoms with E-state index >= 15 is 0 Å². The van der Waals surface area contributed by atoms with Crippen molar-refractivity contribution in [1.82, 2.24) is 5.43 Å². The molecule has 1 atom stereocenters. The molecule has 0 fully saturated rings. The van der Waals surface area contributed by atoms with Gasteiger partial charge in [-0.25, -0.2) is 10.2 Å². The lowest BCUT2D eigenvalue weighted by Crippen LogP contribution is -2.32. The maximum Gasteiger partial charge on any atom is 0.323 e. The van der Waals surface area contributed by atoms with E-state index in [9.17, 15) is 9.59 Å². The number of anilines is 2. The minimum atomic E-state index is -0.410. The monoisotopic (exact) mass is 382 g/mol. The fourth-order valence-corrected chi connectivity index (χ4v) is 2.94. The number of nitrogens with one attached hydrogen (secondary N) is 3. The average Bonchev–Trinajstić information content (AvgIpc) is 2.68. The number of ether oxygens (including phenoxy) is 2. The molecule has 8 heteroatoms. The average molecular weight is 382 g/mol. The molecule has 0 saturated heterocycles. The first-order chi connectivity index (χ1) is 13.5. The molecule has 28 heavy (non-hydrogen) atoms. The topological polar surface area (TPSA) is 101 Å². The summed E-state index contributed by atoms with van der Waals surface area (Å²) in [4.78, 5) is 23.8. The molecule has 3 amide bonds. The highest BCUT2D eigenvalue weighted by Gasteiger charge is 2.21. The Morgan fingerprint density at radius 3 is 2.68 bits per heavy atom. The number of methoxy groups -OCH3 is 2. The number of hydrogen-bond donors (Lipinski definition) is 3. The Hall–Kier alpha value is -3.55. The summed E-state index contributed by atoms with van der Waals surface area (Å²) >= 11 is 0. The summed E-state index contributed by atoms with van der Waals surface area (Å²) in [5.74, 6) is 1.02. The lowest BCUT2D eigenvalue weighted by Gasteiger charge is -2.19. The Balaban J connectivity index is 1.72. The van der Waals surface area contributed by atoms with Gasteiger partial charge in [0.1, 0.15) is 11.5 Å². The van der Waals surface area contributed by atoms with Crippen molar-refractivity contribution in [3.8, 4) is 11.5 Å². The van der Waals surface area contributed by atoms with Gasteiger partial charge in [0.15, 0.2) is 0 Å². The van der Waals surface area contributed by atoms with Crippen LogP contribution in [0.3, 0.4) is 0 Å². The van der Waals surface area contributed by atoms with E-state index in [4.69, 9.17) is 9.47 Å². The smallest absolute Gasteiger partial charge is 0.323 e. The van der Waals surface area contributed by atoms with Crippen LogP contribution in [0, 0.1) is 5.92 Å². The van der Waals surface area contributed by atoms with Crippen LogP contribution in [0.5, 0.6) is 11.5 Å². The number of rotatable bonds is 5. The Labute approximate surface area is 162 Å². The van der Waals surface area contributed by atoms with Crippen LogP contribution in [0.25, 0.3) is 0 Å². The summed E-state index contributed by atoms with van der Waals surface area (Å²) in [6.45, 7) is 1.94. The molecule has 0 aliphatic carbocycles. The van der Waals surface area contributed by atoms with Gasteiger partial charge in [-0.15, -0.1) is 0 Å². The zero-order valence-corrected chi connectivity index (χ0v) is 15.9. The summed E-state index contributed by atoms with van der Waals surface area (Å²) in [5.41, 5.74) is 5.24. The first-order valence-electron chi connectivity index (χ1n) is 8.77. The standard InChI is InChI=1S/C20H22N4O4/c1-12-9-18(25)23-24-19(12)13-5-4-6-14(10-13)21-20(26)22-16-8-7-15(27-2)11-17(16)28-3/h4-8,10-12H,9H2,1-3H3,(H,23,25)(H2,21,22,26). The molecule has 0 bridgehead atoms. The van der Waals surface area contributed by atoms with Crippen molar-refractivity contribution < 1.29 is 19.1 Å². The molecule has 0 saturated carbocycles. The van der Waals surface area contributed by atoms with Gasteiger partial charge >= 0.3 is 6.03 Å². The summed E-state index contributed by atoms with van der Waals surface area (Å²) in [6.07, 6.45) is 0.383. The van der Waals surface area contributed by atoms with Crippen molar-refractivity contribution >= 4 is 29.0 Å². The third-order valence-electron chi connectivity index (χ3n) is 4.33. The van der Waals surface area contributed by atoms with E-state index in [1.54, 1.807) is 31.4 Å². The van der Waals surface area contributed by atoms with Crippen LogP contribution in [0.1, 0.15) is 18.9 Å². The van der Waals surface area contributed by atoms with Gasteiger partial charge < -0.3 is 20.1 Å². The highest BCUT2D eigenvalue weighted by Crippen LogP contribution is 2.29. The predicted molar refractivity (Wildman–Crippen MR) is 107 cm³/mol. The quantitative estimate of drug-likeness (QED) is 0.739. The highest BCUT2D eigenvalue weighted by atomic mass is 16.5. The van der Waals surface area contributed by atoms with E-state index in [0.717, 1.165) is 11.3 Å². The van der Waals surface area contributed by atoms with Crippen molar-refractivity contribution in [3.63, 3.8) is 0 Å². The van der Waals surface area contributed by atoms with Gasteiger partial charge in [-0.2, -0.15) is 5.10 Å². The molecule has 0 aromatic heterocycles. The minimum Gasteiger partial charge on any atom is -0.497 e. The minimum absolute atomic E-state index is 0.00128. The number of amides is 3. The highest BCUT2D eigenvalue weighted by molar-refractivity contribution is 6.07. The molecular weight excluding hydrogens is 360 g/mol. The molecular formula is C20H22N4O4. The zero-order valence-electron chi connectivity index (χ0n) is 15.9. The molecule has 3 rings (SSSR count). The maximum atomic E-state index is 12.4. The van der Waals surface area contributed by atoms with Gasteiger partial charge in [0, 0.05) is 29.7 Å². The third kappa shape index (κ3) is 4.40. The Kier molecular flexibility index (Phi) is 5.78. The van der Waals surface area contributed by atoms with Crippen LogP contribution in [0.2, 0.25) is 0 Å². The largest absolute Gasteiger partial charge is 0.497 e. The second kappa shape index (κ2) is 8.43. The number of hydrogen-bond acceptors (Lipinski definition) is 5. The maximum absolute atomic E-state index is 12.4. The molecule has 1 heterocycles. The van der Waals surface area contributed by atoms with Crippen LogP contribution in [0.4, 0.5) is 16.2 Å². The fourth-order valence-electron chi connectivity index (χ4n) is 2.94. The van der Waals surface area contributed by atoms with Crippen LogP contribution in [-0.4, -0.2) is 31.9 Å². The molecule has 0 spiro atoms. The SMILES string of the molecule is COc1ccc(NC(=O)Nc2cccc(C3=NNC(=O)CC3C)c2)c(OC)c1. The number of carbonyl (C=O) groups excluding carboxylic acids is 2. The Bertz CT molecular complexity index is 926. The van der Waals surface area contributed by atoms with Crippen LogP contribution < -0.4 is 25.5 Å². The first-order valence-corrected chi connectivity index (χ1v) is 8.77. The molecule has 2 aromatic rings. The molecule has 1 unspecified atom stereocenters. The number of urea groups is 1. The lowest BCUT2D eigenvalue weighted by atomic mass is 9.94. The van der Waals surface area contributed by atoms with E-state index in [1.165, 1.54) is 7.11 Å². The van der Waals surface area contributed by atoms with Crippen LogP contribution in [-0.2, 0) is 4.79 Å². The second-order valence-corrected chi connectivity index (χ2v) is 6.36. The molecule has 1 aliphatic heterocycles. The normalized spacial score (nSPS) is 15.9. The van der Waals surface area contributed by atoms with E-state index in [2.05, 4.69) is 21.2 Å². The molecule has 8 nitrogen and oxygen atoms in total. The van der Waals surface area contributed by atoms with Crippen LogP contribution >= 0.6 is 0 Å². The van der Waals surface area contributed by atoms with Gasteiger partial charge in [-0.3, -0.25) is 4.79 Å². The number of hydrazone groups is 1. The van der Waals surface area contributed by atoms with Crippen molar-refractivity contribution in [2.24, 2.45) is 11.0 Å². The van der Waals surface area contributed by atoms with Crippen molar-refractivity contribution in [2.75, 3.05) is 24.9 Å². The molecule has 2 aromatic carbocycles. The number of carbonyl (C=O) groups is 2. The van der Waals surface area contributed by atoms with Crippen LogP contribution in [0.15, 0.2) is 47.6 Å². The van der Waals surface area contributed by atoms with Gasteiger partial charge in [0.05, 0.1) is 25.6 Å². The van der Waals surface area contributed by atoms with Gasteiger partial charge in [0.25, 0.3) is 0 Å². The van der Waals surface area contributed by atoms with Crippen molar-refractivity contribution in [3.05, 3.63) is 48.0 Å². The Morgan fingerprint density at radius 2 is 1.96 bits per heavy atom. The van der Waals surface area contributed by atoms with E-state index in [0.29, 0.717) is 29.3 Å². The fraction of sp³-hybridized carbons (Fsp3) is 0.250. The first kappa shape index (κ1) is 19.2. The molecule has 3 N–H and O–H groups in total. The molecule has 1 aliphatic rings. The van der Waals surface area contributed by atoms with Crippen molar-refractivity contribution in [2.45, 2.75) is 13.3 Å². The summed E-state index contributed by atoms with van der Waals surface area (Å²) in [5, 5.41) is 9.70. The lowest BCUT2D eigenvalue weighted by molar-refractivity contribution is -0.121. The number of nitrogens with zero attached hydrogens (tertiary/aromatic N) is 1. The predicted octanol–water partition coefficient (Wildman–Crippen LogP) is 3.21. The molecule has 146 valence electrons. The van der Waals surface area contributed by atoms with Crippen molar-refractivity contribution in [1.29, 1.82) is 0 Å². The summed E-state index contributed by atoms with van der Waals surface area (Å²) in [6, 6.07) is 12.0. The van der Waals surface area contributed by atoms with E-state index < -0.39 is 6.03 Å². The summed E-state index contributed by atoms with van der Waals surface area (Å²) < 4.78 is 10.4. The Morgan fingerprint density at radius 1 is 1.14 bits per heavy atom. The number of benzene rings is 2. The van der Waals surface area contributed by atoms with Gasteiger partial charge in [0.2, 0.25) is 5.91 Å². The van der Waals surface area contributed by atoms with Gasteiger partial charge in [-0.1, -0.05) is 19.1 Å². The second-order valence-electron chi connectivity index (χ2n) is 6.36. The molecule has 0 radical (unpaired) electrons. The zero-order chi connectivity index (χ0) is 20.1. The van der Waals surface area contributed by atoms with E-state index in [1.807, 2.05) is 25.1 Å².